The molecule has 8 heteroatoms. The summed E-state index contributed by atoms with van der Waals surface area (Å²) in [5.74, 6) is 0.624. The molecule has 26 heavy (non-hydrogen) atoms. The number of hydrogen-bond acceptors (Lipinski definition) is 4. The minimum absolute atomic E-state index is 0. The van der Waals surface area contributed by atoms with Crippen LogP contribution in [0.1, 0.15) is 46.3 Å². The molecule has 1 aliphatic heterocycles. The fraction of sp³-hybridized carbons (Fsp3) is 0.500. The van der Waals surface area contributed by atoms with Crippen LogP contribution in [0.4, 0.5) is 0 Å². The highest BCUT2D eigenvalue weighted by Gasteiger charge is 2.32. The van der Waals surface area contributed by atoms with Crippen molar-refractivity contribution in [3.8, 4) is 0 Å². The summed E-state index contributed by atoms with van der Waals surface area (Å²) in [5.41, 5.74) is 2.08. The van der Waals surface area contributed by atoms with E-state index >= 15 is 0 Å². The van der Waals surface area contributed by atoms with Gasteiger partial charge in [0.2, 0.25) is 0 Å². The molecule has 2 N–H and O–H groups in total. The first-order valence-corrected chi connectivity index (χ1v) is 8.89. The summed E-state index contributed by atoms with van der Waals surface area (Å²) in [7, 11) is 1.92. The van der Waals surface area contributed by atoms with E-state index < -0.39 is 0 Å². The highest BCUT2D eigenvalue weighted by molar-refractivity contribution is 5.94. The van der Waals surface area contributed by atoms with Crippen LogP contribution in [0.15, 0.2) is 23.3 Å². The number of aryl methyl sites for hydroxylation is 3. The van der Waals surface area contributed by atoms with Crippen LogP contribution in [0, 0.1) is 0 Å². The number of fused-ring (bicyclic) bond motifs is 1. The van der Waals surface area contributed by atoms with Crippen molar-refractivity contribution in [3.05, 3.63) is 51.5 Å². The number of halogens is 1. The molecule has 4 rings (SSSR count). The highest BCUT2D eigenvalue weighted by Crippen LogP contribution is 2.24. The van der Waals surface area contributed by atoms with Crippen molar-refractivity contribution >= 4 is 18.3 Å². The largest absolute Gasteiger partial charge is 0.336 e. The monoisotopic (exact) mass is 377 g/mol. The number of aromatic amines is 1. The fourth-order valence-electron chi connectivity index (χ4n) is 3.86. The van der Waals surface area contributed by atoms with Gasteiger partial charge in [-0.05, 0) is 37.3 Å². The minimum atomic E-state index is -0.275. The molecular formula is C18H24ClN5O2. The Bertz CT molecular complexity index is 860. The zero-order valence-corrected chi connectivity index (χ0v) is 15.6. The topological polar surface area (TPSA) is 83.0 Å². The molecule has 2 aromatic heterocycles. The number of pyridine rings is 1. The van der Waals surface area contributed by atoms with Gasteiger partial charge in [0.1, 0.15) is 17.4 Å². The average Bonchev–Trinajstić information content (AvgIpc) is 3.06. The average molecular weight is 378 g/mol. The Morgan fingerprint density at radius 3 is 2.88 bits per heavy atom. The molecule has 1 atom stereocenters. The lowest BCUT2D eigenvalue weighted by molar-refractivity contribution is 0.0619. The Morgan fingerprint density at radius 2 is 2.12 bits per heavy atom. The number of carbonyl (C=O) groups is 1. The van der Waals surface area contributed by atoms with E-state index in [1.807, 2.05) is 23.9 Å². The first-order valence-electron chi connectivity index (χ1n) is 8.89. The van der Waals surface area contributed by atoms with Gasteiger partial charge in [-0.25, -0.2) is 4.98 Å². The second-order valence-electron chi connectivity index (χ2n) is 6.84. The van der Waals surface area contributed by atoms with Gasteiger partial charge in [0.25, 0.3) is 11.5 Å². The van der Waals surface area contributed by atoms with Gasteiger partial charge in [-0.2, -0.15) is 0 Å². The van der Waals surface area contributed by atoms with Crippen LogP contribution in [0.2, 0.25) is 0 Å². The van der Waals surface area contributed by atoms with Crippen molar-refractivity contribution in [1.29, 1.82) is 0 Å². The van der Waals surface area contributed by atoms with E-state index in [4.69, 9.17) is 0 Å². The number of amides is 1. The Labute approximate surface area is 158 Å². The summed E-state index contributed by atoms with van der Waals surface area (Å²) < 4.78 is 1.93. The molecule has 1 amide bonds. The quantitative estimate of drug-likeness (QED) is 0.823. The Balaban J connectivity index is 0.00000196. The number of carbonyl (C=O) groups excluding carboxylic acids is 1. The Morgan fingerprint density at radius 1 is 1.31 bits per heavy atom. The van der Waals surface area contributed by atoms with Crippen LogP contribution in [0.25, 0.3) is 0 Å². The predicted octanol–water partition coefficient (Wildman–Crippen LogP) is 1.20. The number of nitrogens with one attached hydrogen (secondary N) is 2. The second-order valence-corrected chi connectivity index (χ2v) is 6.84. The van der Waals surface area contributed by atoms with Crippen LogP contribution in [-0.2, 0) is 19.9 Å². The highest BCUT2D eigenvalue weighted by atomic mass is 35.5. The van der Waals surface area contributed by atoms with Crippen molar-refractivity contribution in [2.24, 2.45) is 7.05 Å². The van der Waals surface area contributed by atoms with Gasteiger partial charge in [-0.15, -0.1) is 12.4 Å². The Kier molecular flexibility index (Phi) is 5.48. The summed E-state index contributed by atoms with van der Waals surface area (Å²) in [6.45, 7) is 1.92. The van der Waals surface area contributed by atoms with Crippen LogP contribution < -0.4 is 10.9 Å². The lowest BCUT2D eigenvalue weighted by Crippen LogP contribution is -2.50. The van der Waals surface area contributed by atoms with Crippen molar-refractivity contribution in [2.45, 2.75) is 31.7 Å². The van der Waals surface area contributed by atoms with Gasteiger partial charge in [0, 0.05) is 44.8 Å². The van der Waals surface area contributed by atoms with Gasteiger partial charge >= 0.3 is 0 Å². The molecular weight excluding hydrogens is 354 g/mol. The van der Waals surface area contributed by atoms with E-state index in [-0.39, 0.29) is 35.5 Å². The smallest absolute Gasteiger partial charge is 0.261 e. The van der Waals surface area contributed by atoms with Gasteiger partial charge in [-0.3, -0.25) is 9.59 Å². The summed E-state index contributed by atoms with van der Waals surface area (Å²) in [4.78, 5) is 34.8. The third kappa shape index (κ3) is 3.29. The summed E-state index contributed by atoms with van der Waals surface area (Å²) in [6.07, 6.45) is 7.63. The molecule has 2 aliphatic rings. The molecule has 0 spiro atoms. The van der Waals surface area contributed by atoms with Crippen molar-refractivity contribution in [2.75, 3.05) is 19.6 Å². The predicted molar refractivity (Wildman–Crippen MR) is 101 cm³/mol. The van der Waals surface area contributed by atoms with E-state index in [2.05, 4.69) is 15.3 Å². The molecule has 3 heterocycles. The van der Waals surface area contributed by atoms with Crippen LogP contribution in [0.3, 0.4) is 0 Å². The second kappa shape index (κ2) is 7.63. The molecule has 140 valence electrons. The van der Waals surface area contributed by atoms with Gasteiger partial charge in [0.05, 0.1) is 0 Å². The van der Waals surface area contributed by atoms with Gasteiger partial charge in [-0.1, -0.05) is 0 Å². The molecule has 0 saturated carbocycles. The molecule has 1 fully saturated rings. The lowest BCUT2D eigenvalue weighted by Gasteiger charge is -2.35. The van der Waals surface area contributed by atoms with Crippen molar-refractivity contribution in [1.82, 2.24) is 24.8 Å². The first kappa shape index (κ1) is 18.7. The third-order valence-corrected chi connectivity index (χ3v) is 5.23. The molecule has 7 nitrogen and oxygen atoms in total. The maximum Gasteiger partial charge on any atom is 0.261 e. The maximum absolute atomic E-state index is 13.2. The number of hydrogen-bond donors (Lipinski definition) is 2. The fourth-order valence-corrected chi connectivity index (χ4v) is 3.86. The zero-order chi connectivity index (χ0) is 17.4. The van der Waals surface area contributed by atoms with Gasteiger partial charge < -0.3 is 19.8 Å². The summed E-state index contributed by atoms with van der Waals surface area (Å²) in [5, 5.41) is 3.32. The lowest BCUT2D eigenvalue weighted by atomic mass is 9.94. The number of H-pyrrole nitrogens is 1. The zero-order valence-electron chi connectivity index (χ0n) is 14.8. The van der Waals surface area contributed by atoms with E-state index in [1.165, 1.54) is 0 Å². The molecule has 0 radical (unpaired) electrons. The van der Waals surface area contributed by atoms with E-state index in [0.717, 1.165) is 49.3 Å². The first-order chi connectivity index (χ1) is 12.1. The number of piperazine rings is 1. The third-order valence-electron chi connectivity index (χ3n) is 5.23. The van der Waals surface area contributed by atoms with Crippen LogP contribution in [0.5, 0.6) is 0 Å². The van der Waals surface area contributed by atoms with E-state index in [9.17, 15) is 9.59 Å². The van der Waals surface area contributed by atoms with Crippen molar-refractivity contribution < 1.29 is 4.79 Å². The standard InChI is InChI=1S/C18H23N5O2.ClH/c1-22-8-7-20-16(22)15-11-19-6-9-23(15)18(25)13-10-12-4-2-3-5-14(12)21-17(13)24;/h7-8,10,15,19H,2-6,9,11H2,1H3,(H,21,24);1H. The number of imidazole rings is 1. The molecule has 1 unspecified atom stereocenters. The minimum Gasteiger partial charge on any atom is -0.336 e. The Hall–Kier alpha value is -2.12. The van der Waals surface area contributed by atoms with E-state index in [0.29, 0.717) is 13.1 Å². The number of nitrogens with zero attached hydrogens (tertiary/aromatic N) is 3. The number of aromatic nitrogens is 3. The number of rotatable bonds is 2. The van der Waals surface area contributed by atoms with Crippen LogP contribution >= 0.6 is 12.4 Å². The maximum atomic E-state index is 13.2. The van der Waals surface area contributed by atoms with Gasteiger partial charge in [0.15, 0.2) is 0 Å². The molecule has 2 aromatic rings. The van der Waals surface area contributed by atoms with Crippen molar-refractivity contribution in [3.63, 3.8) is 0 Å². The van der Waals surface area contributed by atoms with Crippen LogP contribution in [-0.4, -0.2) is 45.0 Å². The molecule has 1 aliphatic carbocycles. The SMILES string of the molecule is Cl.Cn1ccnc1C1CNCCN1C(=O)c1cc2c([nH]c1=O)CCCC2. The summed E-state index contributed by atoms with van der Waals surface area (Å²) >= 11 is 0. The van der Waals surface area contributed by atoms with E-state index in [1.54, 1.807) is 11.1 Å². The normalized spacial score (nSPS) is 19.6. The summed E-state index contributed by atoms with van der Waals surface area (Å²) in [6, 6.07) is 1.64. The molecule has 0 aromatic carbocycles. The molecule has 0 bridgehead atoms. The molecule has 1 saturated heterocycles.